The van der Waals surface area contributed by atoms with Crippen molar-refractivity contribution in [2.45, 2.75) is 38.6 Å². The van der Waals surface area contributed by atoms with Gasteiger partial charge in [0.25, 0.3) is 0 Å². The summed E-state index contributed by atoms with van der Waals surface area (Å²) in [4.78, 5) is 1.97. The monoisotopic (exact) mass is 243 g/mol. The fraction of sp³-hybridized carbons (Fsp3) is 0.538. The Morgan fingerprint density at radius 3 is 2.50 bits per heavy atom. The number of nitrogens with zero attached hydrogens (tertiary/aromatic N) is 1. The molecular weight excluding hydrogens is 225 g/mol. The standard InChI is InChI=1S/C13H19ClFN/c1-5-13(2,3)16(4)12-10(9-14)7-6-8-11(12)15/h6-8H,5,9H2,1-4H3. The lowest BCUT2D eigenvalue weighted by Crippen LogP contribution is -2.41. The van der Waals surface area contributed by atoms with E-state index in [0.29, 0.717) is 11.6 Å². The van der Waals surface area contributed by atoms with E-state index < -0.39 is 0 Å². The van der Waals surface area contributed by atoms with Crippen molar-refractivity contribution in [2.24, 2.45) is 0 Å². The van der Waals surface area contributed by atoms with E-state index in [1.165, 1.54) is 6.07 Å². The van der Waals surface area contributed by atoms with Gasteiger partial charge in [-0.2, -0.15) is 0 Å². The Balaban J connectivity index is 3.21. The quantitative estimate of drug-likeness (QED) is 0.717. The Bertz CT molecular complexity index is 363. The fourth-order valence-corrected chi connectivity index (χ4v) is 1.80. The van der Waals surface area contributed by atoms with Gasteiger partial charge in [-0.15, -0.1) is 11.6 Å². The molecule has 0 radical (unpaired) electrons. The highest BCUT2D eigenvalue weighted by atomic mass is 35.5. The molecule has 1 nitrogen and oxygen atoms in total. The predicted molar refractivity (Wildman–Crippen MR) is 68.7 cm³/mol. The molecule has 1 aromatic carbocycles. The topological polar surface area (TPSA) is 3.24 Å². The number of hydrogen-bond acceptors (Lipinski definition) is 1. The Labute approximate surface area is 102 Å². The van der Waals surface area contributed by atoms with Crippen LogP contribution in [-0.2, 0) is 5.88 Å². The Kier molecular flexibility index (Phi) is 4.20. The SMILES string of the molecule is CCC(C)(C)N(C)c1c(F)cccc1CCl. The van der Waals surface area contributed by atoms with E-state index in [0.717, 1.165) is 12.0 Å². The van der Waals surface area contributed by atoms with Gasteiger partial charge in [0.1, 0.15) is 5.82 Å². The van der Waals surface area contributed by atoms with E-state index in [9.17, 15) is 4.39 Å². The molecule has 1 rings (SSSR count). The number of halogens is 2. The van der Waals surface area contributed by atoms with Crippen LogP contribution in [0.3, 0.4) is 0 Å². The molecule has 0 amide bonds. The second-order valence-electron chi connectivity index (χ2n) is 4.61. The molecule has 0 aliphatic carbocycles. The molecule has 0 aromatic heterocycles. The highest BCUT2D eigenvalue weighted by Gasteiger charge is 2.25. The molecule has 0 fully saturated rings. The van der Waals surface area contributed by atoms with Crippen LogP contribution in [0.5, 0.6) is 0 Å². The van der Waals surface area contributed by atoms with Gasteiger partial charge in [0.05, 0.1) is 5.69 Å². The van der Waals surface area contributed by atoms with E-state index >= 15 is 0 Å². The normalized spacial score (nSPS) is 11.6. The minimum absolute atomic E-state index is 0.0804. The van der Waals surface area contributed by atoms with Crippen LogP contribution in [0.25, 0.3) is 0 Å². The zero-order valence-corrected chi connectivity index (χ0v) is 11.1. The summed E-state index contributed by atoms with van der Waals surface area (Å²) >= 11 is 5.85. The lowest BCUT2D eigenvalue weighted by atomic mass is 9.98. The van der Waals surface area contributed by atoms with E-state index in [-0.39, 0.29) is 11.4 Å². The van der Waals surface area contributed by atoms with Crippen LogP contribution in [-0.4, -0.2) is 12.6 Å². The summed E-state index contributed by atoms with van der Waals surface area (Å²) in [5, 5.41) is 0. The maximum atomic E-state index is 13.9. The van der Waals surface area contributed by atoms with Gasteiger partial charge >= 0.3 is 0 Å². The Morgan fingerprint density at radius 2 is 2.00 bits per heavy atom. The first kappa shape index (κ1) is 13.3. The minimum atomic E-state index is -0.206. The maximum Gasteiger partial charge on any atom is 0.146 e. The molecular formula is C13H19ClFN. The minimum Gasteiger partial charge on any atom is -0.367 e. The Hall–Kier alpha value is -0.760. The molecule has 0 bridgehead atoms. The molecule has 0 N–H and O–H groups in total. The summed E-state index contributed by atoms with van der Waals surface area (Å²) in [7, 11) is 1.91. The largest absolute Gasteiger partial charge is 0.367 e. The smallest absolute Gasteiger partial charge is 0.146 e. The molecule has 90 valence electrons. The van der Waals surface area contributed by atoms with Crippen LogP contribution in [0.2, 0.25) is 0 Å². The summed E-state index contributed by atoms with van der Waals surface area (Å²) in [5.41, 5.74) is 1.37. The average molecular weight is 244 g/mol. The third-order valence-electron chi connectivity index (χ3n) is 3.32. The van der Waals surface area contributed by atoms with Crippen molar-refractivity contribution >= 4 is 17.3 Å². The molecule has 16 heavy (non-hydrogen) atoms. The van der Waals surface area contributed by atoms with Gasteiger partial charge in [-0.3, -0.25) is 0 Å². The summed E-state index contributed by atoms with van der Waals surface area (Å²) < 4.78 is 13.9. The molecule has 0 aliphatic rings. The van der Waals surface area contributed by atoms with Gasteiger partial charge < -0.3 is 4.90 Å². The van der Waals surface area contributed by atoms with Gasteiger partial charge in [-0.1, -0.05) is 19.1 Å². The maximum absolute atomic E-state index is 13.9. The second kappa shape index (κ2) is 5.05. The third-order valence-corrected chi connectivity index (χ3v) is 3.61. The summed E-state index contributed by atoms with van der Waals surface area (Å²) in [6, 6.07) is 5.05. The second-order valence-corrected chi connectivity index (χ2v) is 4.87. The van der Waals surface area contributed by atoms with E-state index in [2.05, 4.69) is 20.8 Å². The number of alkyl halides is 1. The molecule has 0 spiro atoms. The van der Waals surface area contributed by atoms with Gasteiger partial charge in [-0.05, 0) is 31.9 Å². The Morgan fingerprint density at radius 1 is 1.38 bits per heavy atom. The van der Waals surface area contributed by atoms with Crippen LogP contribution in [0.4, 0.5) is 10.1 Å². The van der Waals surface area contributed by atoms with Crippen molar-refractivity contribution in [3.05, 3.63) is 29.6 Å². The number of hydrogen-bond donors (Lipinski definition) is 0. The van der Waals surface area contributed by atoms with Crippen molar-refractivity contribution in [2.75, 3.05) is 11.9 Å². The number of rotatable bonds is 4. The van der Waals surface area contributed by atoms with Crippen LogP contribution in [0, 0.1) is 5.82 Å². The van der Waals surface area contributed by atoms with Crippen LogP contribution in [0.1, 0.15) is 32.8 Å². The predicted octanol–water partition coefficient (Wildman–Crippen LogP) is 4.19. The van der Waals surface area contributed by atoms with Gasteiger partial charge in [0, 0.05) is 18.5 Å². The zero-order chi connectivity index (χ0) is 12.3. The molecule has 0 saturated heterocycles. The molecule has 1 aromatic rings. The van der Waals surface area contributed by atoms with E-state index in [1.54, 1.807) is 6.07 Å². The van der Waals surface area contributed by atoms with Crippen molar-refractivity contribution in [3.63, 3.8) is 0 Å². The zero-order valence-electron chi connectivity index (χ0n) is 10.3. The molecule has 0 atom stereocenters. The number of benzene rings is 1. The van der Waals surface area contributed by atoms with Gasteiger partial charge in [0.2, 0.25) is 0 Å². The highest BCUT2D eigenvalue weighted by molar-refractivity contribution is 6.17. The number of anilines is 1. The fourth-order valence-electron chi connectivity index (χ4n) is 1.58. The summed E-state index contributed by atoms with van der Waals surface area (Å²) in [6.07, 6.45) is 0.944. The highest BCUT2D eigenvalue weighted by Crippen LogP contribution is 2.31. The first-order valence-electron chi connectivity index (χ1n) is 5.51. The molecule has 0 heterocycles. The first-order chi connectivity index (χ1) is 7.44. The summed E-state index contributed by atoms with van der Waals surface area (Å²) in [5.74, 6) is 0.124. The van der Waals surface area contributed by atoms with Gasteiger partial charge in [-0.25, -0.2) is 4.39 Å². The van der Waals surface area contributed by atoms with Crippen molar-refractivity contribution in [3.8, 4) is 0 Å². The van der Waals surface area contributed by atoms with Crippen LogP contribution in [0.15, 0.2) is 18.2 Å². The molecule has 3 heteroatoms. The first-order valence-corrected chi connectivity index (χ1v) is 6.04. The molecule has 0 saturated carbocycles. The van der Waals surface area contributed by atoms with Crippen LogP contribution < -0.4 is 4.90 Å². The van der Waals surface area contributed by atoms with Crippen LogP contribution >= 0.6 is 11.6 Å². The molecule has 0 aliphatic heterocycles. The van der Waals surface area contributed by atoms with E-state index in [4.69, 9.17) is 11.6 Å². The molecule has 0 unspecified atom stereocenters. The third kappa shape index (κ3) is 2.49. The van der Waals surface area contributed by atoms with Crippen molar-refractivity contribution in [1.29, 1.82) is 0 Å². The van der Waals surface area contributed by atoms with Crippen molar-refractivity contribution in [1.82, 2.24) is 0 Å². The lowest BCUT2D eigenvalue weighted by molar-refractivity contribution is 0.461. The lowest BCUT2D eigenvalue weighted by Gasteiger charge is -2.38. The number of para-hydroxylation sites is 1. The average Bonchev–Trinajstić information content (AvgIpc) is 2.27. The van der Waals surface area contributed by atoms with Gasteiger partial charge in [0.15, 0.2) is 0 Å². The van der Waals surface area contributed by atoms with E-state index in [1.807, 2.05) is 18.0 Å². The summed E-state index contributed by atoms with van der Waals surface area (Å²) in [6.45, 7) is 6.28. The van der Waals surface area contributed by atoms with Crippen molar-refractivity contribution < 1.29 is 4.39 Å².